The van der Waals surface area contributed by atoms with Crippen molar-refractivity contribution >= 4 is 28.9 Å². The lowest BCUT2D eigenvalue weighted by Gasteiger charge is -2.23. The van der Waals surface area contributed by atoms with Gasteiger partial charge in [-0.3, -0.25) is 9.59 Å². The lowest BCUT2D eigenvalue weighted by Crippen LogP contribution is -2.39. The number of carbonyl (C=O) groups excluding carboxylic acids is 2. The van der Waals surface area contributed by atoms with E-state index in [9.17, 15) is 9.59 Å². The molecule has 3 heterocycles. The molecule has 170 valence electrons. The van der Waals surface area contributed by atoms with Crippen molar-refractivity contribution in [1.82, 2.24) is 9.55 Å². The average molecular weight is 444 g/mol. The molecule has 2 unspecified atom stereocenters. The number of anilines is 3. The number of nitrogens with two attached hydrogens (primary N) is 1. The molecule has 7 nitrogen and oxygen atoms in total. The summed E-state index contributed by atoms with van der Waals surface area (Å²) in [5.41, 5.74) is 10.4. The maximum absolute atomic E-state index is 13.6. The summed E-state index contributed by atoms with van der Waals surface area (Å²) in [7, 11) is 0. The van der Waals surface area contributed by atoms with Gasteiger partial charge in [0.1, 0.15) is 0 Å². The Morgan fingerprint density at radius 1 is 1.21 bits per heavy atom. The summed E-state index contributed by atoms with van der Waals surface area (Å²) < 4.78 is 2.07. The molecule has 2 atom stereocenters. The Hall–Kier alpha value is -3.61. The summed E-state index contributed by atoms with van der Waals surface area (Å²) in [4.78, 5) is 34.0. The van der Waals surface area contributed by atoms with Crippen LogP contribution in [0.5, 0.6) is 0 Å². The topological polar surface area (TPSA) is 84.5 Å². The van der Waals surface area contributed by atoms with Gasteiger partial charge in [-0.05, 0) is 42.3 Å². The number of rotatable bonds is 4. The third-order valence-electron chi connectivity index (χ3n) is 6.97. The molecule has 2 aliphatic heterocycles. The molecule has 3 aromatic rings. The van der Waals surface area contributed by atoms with Gasteiger partial charge in [0.05, 0.1) is 18.3 Å². The Labute approximate surface area is 193 Å². The van der Waals surface area contributed by atoms with Gasteiger partial charge < -0.3 is 20.1 Å². The Morgan fingerprint density at radius 2 is 2.03 bits per heavy atom. The first-order valence-electron chi connectivity index (χ1n) is 11.3. The summed E-state index contributed by atoms with van der Waals surface area (Å²) in [6, 6.07) is 13.8. The highest BCUT2D eigenvalue weighted by Gasteiger charge is 2.43. The fourth-order valence-corrected chi connectivity index (χ4v) is 5.06. The van der Waals surface area contributed by atoms with Crippen molar-refractivity contribution in [1.29, 1.82) is 0 Å². The lowest BCUT2D eigenvalue weighted by atomic mass is 9.85. The van der Waals surface area contributed by atoms with E-state index in [4.69, 9.17) is 5.73 Å². The highest BCUT2D eigenvalue weighted by atomic mass is 16.2. The van der Waals surface area contributed by atoms with Crippen LogP contribution in [0.4, 0.5) is 17.1 Å². The van der Waals surface area contributed by atoms with Crippen molar-refractivity contribution in [2.75, 3.05) is 28.6 Å². The van der Waals surface area contributed by atoms with E-state index in [-0.39, 0.29) is 35.6 Å². The number of hydrogen-bond acceptors (Lipinski definition) is 4. The number of fused-ring (bicyclic) bond motifs is 1. The quantitative estimate of drug-likeness (QED) is 0.623. The van der Waals surface area contributed by atoms with E-state index in [2.05, 4.69) is 48.5 Å². The van der Waals surface area contributed by atoms with Crippen molar-refractivity contribution in [2.45, 2.75) is 38.6 Å². The van der Waals surface area contributed by atoms with E-state index < -0.39 is 0 Å². The third-order valence-corrected chi connectivity index (χ3v) is 6.97. The largest absolute Gasteiger partial charge is 0.399 e. The first-order chi connectivity index (χ1) is 15.7. The zero-order chi connectivity index (χ0) is 23.3. The van der Waals surface area contributed by atoms with Crippen LogP contribution in [-0.2, 0) is 15.0 Å². The summed E-state index contributed by atoms with van der Waals surface area (Å²) in [6.45, 7) is 7.47. The van der Waals surface area contributed by atoms with Crippen LogP contribution in [0, 0.1) is 5.92 Å². The Morgan fingerprint density at radius 3 is 2.76 bits per heavy atom. The summed E-state index contributed by atoms with van der Waals surface area (Å²) in [6.07, 6.45) is 5.78. The van der Waals surface area contributed by atoms with Gasteiger partial charge in [0.2, 0.25) is 11.8 Å². The van der Waals surface area contributed by atoms with Crippen molar-refractivity contribution in [2.24, 2.45) is 5.92 Å². The highest BCUT2D eigenvalue weighted by molar-refractivity contribution is 6.05. The molecule has 5 rings (SSSR count). The maximum atomic E-state index is 13.6. The van der Waals surface area contributed by atoms with Gasteiger partial charge in [-0.15, -0.1) is 0 Å². The zero-order valence-electron chi connectivity index (χ0n) is 19.2. The molecule has 0 spiro atoms. The number of carbonyl (C=O) groups is 2. The molecule has 1 fully saturated rings. The second kappa shape index (κ2) is 7.76. The van der Waals surface area contributed by atoms with Crippen LogP contribution in [0.2, 0.25) is 0 Å². The van der Waals surface area contributed by atoms with E-state index in [0.29, 0.717) is 18.8 Å². The monoisotopic (exact) mass is 443 g/mol. The number of nitrogens with zero attached hydrogens (tertiary/aromatic N) is 4. The fraction of sp³-hybridized carbons (Fsp3) is 0.346. The van der Waals surface area contributed by atoms with E-state index in [1.165, 1.54) is 5.56 Å². The minimum absolute atomic E-state index is 0.0111. The fourth-order valence-electron chi connectivity index (χ4n) is 5.06. The number of benzene rings is 2. The minimum Gasteiger partial charge on any atom is -0.399 e. The molecular formula is C26H29N5O2. The van der Waals surface area contributed by atoms with Crippen LogP contribution >= 0.6 is 0 Å². The molecule has 2 aliphatic rings. The van der Waals surface area contributed by atoms with Crippen LogP contribution < -0.4 is 15.5 Å². The van der Waals surface area contributed by atoms with Crippen LogP contribution in [-0.4, -0.2) is 34.5 Å². The molecule has 1 saturated heterocycles. The van der Waals surface area contributed by atoms with Gasteiger partial charge in [-0.25, -0.2) is 4.98 Å². The predicted molar refractivity (Wildman–Crippen MR) is 129 cm³/mol. The molecule has 7 heteroatoms. The lowest BCUT2D eigenvalue weighted by molar-refractivity contribution is -0.124. The number of nitrogen functional groups attached to an aromatic ring is 1. The number of imidazole rings is 1. The molecular weight excluding hydrogens is 414 g/mol. The standard InChI is InChI=1S/C26H29N5O2/c1-17(29-10-9-28-16-29)18-7-8-23-22(11-18)26(2,3)15-31(23)25(33)19-12-24(32)30(14-19)21-6-4-5-20(27)13-21/h4-11,13,16-17,19H,12,14-15,27H2,1-3H3. The Bertz CT molecular complexity index is 1220. The summed E-state index contributed by atoms with van der Waals surface area (Å²) in [5, 5.41) is 0. The SMILES string of the molecule is CC(c1ccc2c(c1)C(C)(C)CN2C(=O)C1CC(=O)N(c2cccc(N)c2)C1)n1ccnc1. The Balaban J connectivity index is 1.40. The van der Waals surface area contributed by atoms with Gasteiger partial charge in [-0.1, -0.05) is 32.0 Å². The van der Waals surface area contributed by atoms with Crippen LogP contribution in [0.1, 0.15) is 44.4 Å². The number of aromatic nitrogens is 2. The average Bonchev–Trinajstić information content (AvgIpc) is 3.51. The first kappa shape index (κ1) is 21.2. The predicted octanol–water partition coefficient (Wildman–Crippen LogP) is 3.75. The smallest absolute Gasteiger partial charge is 0.232 e. The van der Waals surface area contributed by atoms with Gasteiger partial charge in [0.15, 0.2) is 0 Å². The van der Waals surface area contributed by atoms with E-state index in [1.807, 2.05) is 29.6 Å². The van der Waals surface area contributed by atoms with Crippen LogP contribution in [0.3, 0.4) is 0 Å². The highest BCUT2D eigenvalue weighted by Crippen LogP contribution is 2.43. The van der Waals surface area contributed by atoms with Crippen LogP contribution in [0.25, 0.3) is 0 Å². The zero-order valence-corrected chi connectivity index (χ0v) is 19.2. The second-order valence-corrected chi connectivity index (χ2v) is 9.77. The summed E-state index contributed by atoms with van der Waals surface area (Å²) >= 11 is 0. The number of hydrogen-bond donors (Lipinski definition) is 1. The molecule has 1 aromatic heterocycles. The van der Waals surface area contributed by atoms with Gasteiger partial charge in [0.25, 0.3) is 0 Å². The molecule has 33 heavy (non-hydrogen) atoms. The van der Waals surface area contributed by atoms with E-state index in [1.54, 1.807) is 23.2 Å². The van der Waals surface area contributed by atoms with Gasteiger partial charge >= 0.3 is 0 Å². The molecule has 2 N–H and O–H groups in total. The minimum atomic E-state index is -0.370. The van der Waals surface area contributed by atoms with Crippen molar-refractivity contribution in [3.63, 3.8) is 0 Å². The van der Waals surface area contributed by atoms with E-state index >= 15 is 0 Å². The van der Waals surface area contributed by atoms with Crippen molar-refractivity contribution in [3.05, 3.63) is 72.3 Å². The maximum Gasteiger partial charge on any atom is 0.232 e. The molecule has 0 radical (unpaired) electrons. The normalized spacial score (nSPS) is 20.2. The van der Waals surface area contributed by atoms with Crippen molar-refractivity contribution in [3.8, 4) is 0 Å². The molecule has 0 saturated carbocycles. The Kier molecular flexibility index (Phi) is 5.00. The second-order valence-electron chi connectivity index (χ2n) is 9.77. The van der Waals surface area contributed by atoms with Crippen molar-refractivity contribution < 1.29 is 9.59 Å². The van der Waals surface area contributed by atoms with E-state index in [0.717, 1.165) is 16.9 Å². The van der Waals surface area contributed by atoms with Gasteiger partial charge in [0, 0.05) is 54.4 Å². The molecule has 2 aromatic carbocycles. The van der Waals surface area contributed by atoms with Crippen LogP contribution in [0.15, 0.2) is 61.2 Å². The summed E-state index contributed by atoms with van der Waals surface area (Å²) in [5.74, 6) is -0.399. The molecule has 0 bridgehead atoms. The third kappa shape index (κ3) is 3.67. The molecule has 0 aliphatic carbocycles. The first-order valence-corrected chi connectivity index (χ1v) is 11.3. The van der Waals surface area contributed by atoms with Gasteiger partial charge in [-0.2, -0.15) is 0 Å². The molecule has 2 amide bonds. The number of amides is 2.